The molecule has 100 valence electrons. The molecule has 5 nitrogen and oxygen atoms in total. The Hall–Kier alpha value is -1.82. The Balaban J connectivity index is 2.44. The number of halogens is 1. The highest BCUT2D eigenvalue weighted by atomic mass is 79.9. The van der Waals surface area contributed by atoms with Gasteiger partial charge in [-0.3, -0.25) is 0 Å². The number of rotatable bonds is 3. The molecule has 19 heavy (non-hydrogen) atoms. The quantitative estimate of drug-likeness (QED) is 0.685. The lowest BCUT2D eigenvalue weighted by atomic mass is 10.1. The van der Waals surface area contributed by atoms with E-state index in [1.165, 1.54) is 0 Å². The molecule has 1 N–H and O–H groups in total. The second kappa shape index (κ2) is 5.44. The first-order valence-corrected chi connectivity index (χ1v) is 6.45. The van der Waals surface area contributed by atoms with E-state index < -0.39 is 5.97 Å². The summed E-state index contributed by atoms with van der Waals surface area (Å²) in [5.74, 6) is -0.104. The fraction of sp³-hybridized carbons (Fsp3) is 0.231. The first-order chi connectivity index (χ1) is 9.02. The summed E-state index contributed by atoms with van der Waals surface area (Å²) in [5.41, 5.74) is 1.61. The number of hydrogen-bond donors (Lipinski definition) is 1. The van der Waals surface area contributed by atoms with Crippen molar-refractivity contribution < 1.29 is 19.5 Å². The van der Waals surface area contributed by atoms with Gasteiger partial charge in [-0.2, -0.15) is 0 Å². The first-order valence-electron chi connectivity index (χ1n) is 5.66. The summed E-state index contributed by atoms with van der Waals surface area (Å²) in [6, 6.07) is 3.33. The summed E-state index contributed by atoms with van der Waals surface area (Å²) in [4.78, 5) is 16.0. The summed E-state index contributed by atoms with van der Waals surface area (Å²) in [6.45, 7) is 3.95. The zero-order valence-corrected chi connectivity index (χ0v) is 12.0. The molecule has 0 saturated carbocycles. The number of phenols is 1. The van der Waals surface area contributed by atoms with Crippen LogP contribution in [0, 0.1) is 0 Å². The molecule has 0 atom stereocenters. The fourth-order valence-electron chi connectivity index (χ4n) is 1.63. The van der Waals surface area contributed by atoms with Crippen molar-refractivity contribution in [2.45, 2.75) is 13.8 Å². The van der Waals surface area contributed by atoms with Crippen LogP contribution in [0.15, 0.2) is 27.3 Å². The third-order valence-electron chi connectivity index (χ3n) is 2.54. The second-order valence-electron chi connectivity index (χ2n) is 3.90. The van der Waals surface area contributed by atoms with E-state index in [9.17, 15) is 9.90 Å². The van der Waals surface area contributed by atoms with E-state index >= 15 is 0 Å². The lowest BCUT2D eigenvalue weighted by Crippen LogP contribution is -2.02. The Morgan fingerprint density at radius 2 is 2.26 bits per heavy atom. The van der Waals surface area contributed by atoms with Crippen molar-refractivity contribution in [1.29, 1.82) is 0 Å². The summed E-state index contributed by atoms with van der Waals surface area (Å²) >= 11 is 3.24. The van der Waals surface area contributed by atoms with Crippen molar-refractivity contribution in [2.24, 2.45) is 5.16 Å². The SMILES string of the molecule is CCOc1cc(C=C2C(=O)ON=C2C)cc(Br)c1O. The molecule has 1 heterocycles. The summed E-state index contributed by atoms with van der Waals surface area (Å²) in [6.07, 6.45) is 1.64. The maximum atomic E-state index is 11.5. The summed E-state index contributed by atoms with van der Waals surface area (Å²) in [7, 11) is 0. The topological polar surface area (TPSA) is 68.1 Å². The Bertz CT molecular complexity index is 593. The molecule has 0 fully saturated rings. The summed E-state index contributed by atoms with van der Waals surface area (Å²) in [5, 5.41) is 13.4. The smallest absolute Gasteiger partial charge is 0.367 e. The van der Waals surface area contributed by atoms with Crippen LogP contribution in [0.3, 0.4) is 0 Å². The van der Waals surface area contributed by atoms with E-state index in [-0.39, 0.29) is 5.75 Å². The monoisotopic (exact) mass is 325 g/mol. The third kappa shape index (κ3) is 2.78. The van der Waals surface area contributed by atoms with Gasteiger partial charge in [0.25, 0.3) is 0 Å². The lowest BCUT2D eigenvalue weighted by molar-refractivity contribution is -0.136. The van der Waals surface area contributed by atoms with Crippen LogP contribution >= 0.6 is 15.9 Å². The third-order valence-corrected chi connectivity index (χ3v) is 3.14. The highest BCUT2D eigenvalue weighted by molar-refractivity contribution is 9.10. The minimum Gasteiger partial charge on any atom is -0.503 e. The van der Waals surface area contributed by atoms with Crippen molar-refractivity contribution >= 4 is 33.7 Å². The van der Waals surface area contributed by atoms with Crippen LogP contribution in [-0.4, -0.2) is 23.4 Å². The minimum atomic E-state index is -0.486. The standard InChI is InChI=1S/C13H12BrNO4/c1-3-18-11-6-8(5-10(14)12(11)16)4-9-7(2)15-19-13(9)17/h4-6,16H,3H2,1-2H3. The number of nitrogens with zero attached hydrogens (tertiary/aromatic N) is 1. The molecule has 0 aliphatic carbocycles. The normalized spacial score (nSPS) is 16.5. The highest BCUT2D eigenvalue weighted by Gasteiger charge is 2.22. The predicted molar refractivity (Wildman–Crippen MR) is 74.2 cm³/mol. The van der Waals surface area contributed by atoms with Gasteiger partial charge in [-0.1, -0.05) is 5.16 Å². The molecular formula is C13H12BrNO4. The molecule has 0 saturated heterocycles. The molecule has 6 heteroatoms. The van der Waals surface area contributed by atoms with Crippen LogP contribution in [0.1, 0.15) is 19.4 Å². The average molecular weight is 326 g/mol. The molecule has 1 aromatic rings. The van der Waals surface area contributed by atoms with Gasteiger partial charge in [-0.15, -0.1) is 0 Å². The Labute approximate surface area is 118 Å². The van der Waals surface area contributed by atoms with Gasteiger partial charge in [0, 0.05) is 0 Å². The molecule has 0 radical (unpaired) electrons. The van der Waals surface area contributed by atoms with E-state index in [1.54, 1.807) is 25.1 Å². The average Bonchev–Trinajstić information content (AvgIpc) is 2.67. The van der Waals surface area contributed by atoms with Gasteiger partial charge >= 0.3 is 5.97 Å². The number of benzene rings is 1. The van der Waals surface area contributed by atoms with E-state index in [2.05, 4.69) is 25.9 Å². The Morgan fingerprint density at radius 3 is 2.84 bits per heavy atom. The first kappa shape index (κ1) is 13.6. The molecule has 0 bridgehead atoms. The predicted octanol–water partition coefficient (Wildman–Crippen LogP) is 2.87. The maximum absolute atomic E-state index is 11.5. The van der Waals surface area contributed by atoms with Crippen molar-refractivity contribution in [3.8, 4) is 11.5 Å². The van der Waals surface area contributed by atoms with E-state index in [4.69, 9.17) is 4.74 Å². The van der Waals surface area contributed by atoms with Crippen LogP contribution in [0.25, 0.3) is 6.08 Å². The number of ether oxygens (including phenoxy) is 1. The van der Waals surface area contributed by atoms with Crippen LogP contribution in [-0.2, 0) is 9.63 Å². The molecule has 1 aliphatic rings. The van der Waals surface area contributed by atoms with E-state index in [0.717, 1.165) is 0 Å². The fourth-order valence-corrected chi connectivity index (χ4v) is 2.09. The van der Waals surface area contributed by atoms with Gasteiger partial charge in [-0.25, -0.2) is 4.79 Å². The lowest BCUT2D eigenvalue weighted by Gasteiger charge is -2.08. The van der Waals surface area contributed by atoms with Crippen LogP contribution in [0.2, 0.25) is 0 Å². The second-order valence-corrected chi connectivity index (χ2v) is 4.75. The number of aromatic hydroxyl groups is 1. The molecule has 0 aromatic heterocycles. The number of carbonyl (C=O) groups excluding carboxylic acids is 1. The zero-order chi connectivity index (χ0) is 14.0. The van der Waals surface area contributed by atoms with Gasteiger partial charge in [-0.05, 0) is 53.5 Å². The molecular weight excluding hydrogens is 314 g/mol. The van der Waals surface area contributed by atoms with Gasteiger partial charge in [0.2, 0.25) is 0 Å². The van der Waals surface area contributed by atoms with Crippen molar-refractivity contribution in [1.82, 2.24) is 0 Å². The summed E-state index contributed by atoms with van der Waals surface area (Å²) < 4.78 is 5.81. The molecule has 0 amide bonds. The van der Waals surface area contributed by atoms with Gasteiger partial charge in [0.15, 0.2) is 11.5 Å². The van der Waals surface area contributed by atoms with E-state index in [0.29, 0.717) is 33.7 Å². The maximum Gasteiger partial charge on any atom is 0.367 e. The van der Waals surface area contributed by atoms with Crippen molar-refractivity contribution in [2.75, 3.05) is 6.61 Å². The van der Waals surface area contributed by atoms with Crippen LogP contribution in [0.5, 0.6) is 11.5 Å². The Kier molecular flexibility index (Phi) is 3.90. The van der Waals surface area contributed by atoms with Crippen molar-refractivity contribution in [3.05, 3.63) is 27.7 Å². The molecule has 0 unspecified atom stereocenters. The number of hydrogen-bond acceptors (Lipinski definition) is 5. The molecule has 1 aliphatic heterocycles. The highest BCUT2D eigenvalue weighted by Crippen LogP contribution is 2.36. The number of oxime groups is 1. The number of phenolic OH excluding ortho intramolecular Hbond substituents is 1. The van der Waals surface area contributed by atoms with Crippen LogP contribution < -0.4 is 4.74 Å². The minimum absolute atomic E-state index is 0.0309. The molecule has 1 aromatic carbocycles. The molecule has 0 spiro atoms. The zero-order valence-electron chi connectivity index (χ0n) is 10.4. The van der Waals surface area contributed by atoms with E-state index in [1.807, 2.05) is 6.92 Å². The van der Waals surface area contributed by atoms with Crippen LogP contribution in [0.4, 0.5) is 0 Å². The van der Waals surface area contributed by atoms with Gasteiger partial charge in [0.1, 0.15) is 0 Å². The largest absolute Gasteiger partial charge is 0.503 e. The van der Waals surface area contributed by atoms with Gasteiger partial charge in [0.05, 0.1) is 22.4 Å². The van der Waals surface area contributed by atoms with Gasteiger partial charge < -0.3 is 14.7 Å². The van der Waals surface area contributed by atoms with Crippen molar-refractivity contribution in [3.63, 3.8) is 0 Å². The Morgan fingerprint density at radius 1 is 1.53 bits per heavy atom. The molecule has 2 rings (SSSR count). The number of carbonyl (C=O) groups is 1.